The third-order valence-corrected chi connectivity index (χ3v) is 5.38. The first-order valence-corrected chi connectivity index (χ1v) is 9.01. The molecule has 0 aromatic carbocycles. The first kappa shape index (κ1) is 17.2. The number of carbonyl (C=O) groups excluding carboxylic acids is 1. The highest BCUT2D eigenvalue weighted by molar-refractivity contribution is 5.79. The zero-order valence-electron chi connectivity index (χ0n) is 14.2. The highest BCUT2D eigenvalue weighted by Crippen LogP contribution is 2.32. The lowest BCUT2D eigenvalue weighted by Gasteiger charge is -2.34. The van der Waals surface area contributed by atoms with Gasteiger partial charge in [-0.05, 0) is 31.7 Å². The number of hydrogen-bond acceptors (Lipinski definition) is 4. The predicted molar refractivity (Wildman–Crippen MR) is 86.3 cm³/mol. The summed E-state index contributed by atoms with van der Waals surface area (Å²) >= 11 is 0. The Bertz CT molecular complexity index is 812. The third kappa shape index (κ3) is 3.14. The van der Waals surface area contributed by atoms with E-state index in [4.69, 9.17) is 0 Å². The number of hydrogen-bond donors (Lipinski definition) is 0. The maximum absolute atomic E-state index is 12.9. The van der Waals surface area contributed by atoms with E-state index >= 15 is 0 Å². The average molecular weight is 367 g/mol. The van der Waals surface area contributed by atoms with Gasteiger partial charge in [-0.1, -0.05) is 12.8 Å². The number of rotatable bonds is 2. The summed E-state index contributed by atoms with van der Waals surface area (Å²) < 4.78 is 39.9. The lowest BCUT2D eigenvalue weighted by molar-refractivity contribution is -0.144. The fraction of sp³-hybridized carbons (Fsp3) is 0.647. The standard InChI is InChI=1S/C17H20F3N5O/c18-17(19,20)15-22-16-21-8-7-13(25(16)23-15)12-6-3-9-24(10-12)14(26)11-4-1-2-5-11/h7-8,11-12H,1-6,9-10H2. The van der Waals surface area contributed by atoms with E-state index in [9.17, 15) is 18.0 Å². The molecule has 3 heterocycles. The van der Waals surface area contributed by atoms with Crippen molar-refractivity contribution in [1.82, 2.24) is 24.5 Å². The maximum Gasteiger partial charge on any atom is 0.453 e. The molecule has 2 aromatic rings. The Hall–Kier alpha value is -2.19. The number of aromatic nitrogens is 4. The van der Waals surface area contributed by atoms with Crippen LogP contribution in [0.1, 0.15) is 56.0 Å². The van der Waals surface area contributed by atoms with Crippen LogP contribution in [0, 0.1) is 5.92 Å². The quantitative estimate of drug-likeness (QED) is 0.819. The monoisotopic (exact) mass is 367 g/mol. The van der Waals surface area contributed by atoms with Crippen LogP contribution >= 0.6 is 0 Å². The summed E-state index contributed by atoms with van der Waals surface area (Å²) in [6.45, 7) is 1.22. The van der Waals surface area contributed by atoms with E-state index < -0.39 is 12.0 Å². The molecule has 0 N–H and O–H groups in total. The largest absolute Gasteiger partial charge is 0.453 e. The van der Waals surface area contributed by atoms with Gasteiger partial charge < -0.3 is 4.90 Å². The second-order valence-electron chi connectivity index (χ2n) is 7.12. The predicted octanol–water partition coefficient (Wildman–Crippen LogP) is 3.04. The molecule has 1 amide bonds. The smallest absolute Gasteiger partial charge is 0.342 e. The Labute approximate surface area is 148 Å². The fourth-order valence-electron chi connectivity index (χ4n) is 4.09. The van der Waals surface area contributed by atoms with Crippen LogP contribution in [-0.4, -0.2) is 43.5 Å². The molecular formula is C17H20F3N5O. The number of fused-ring (bicyclic) bond motifs is 1. The molecule has 1 saturated heterocycles. The highest BCUT2D eigenvalue weighted by atomic mass is 19.4. The normalized spacial score (nSPS) is 22.3. The van der Waals surface area contributed by atoms with Crippen LogP contribution in [-0.2, 0) is 11.0 Å². The Morgan fingerprint density at radius 1 is 1.15 bits per heavy atom. The molecule has 1 atom stereocenters. The second-order valence-corrected chi connectivity index (χ2v) is 7.12. The van der Waals surface area contributed by atoms with Crippen molar-refractivity contribution in [2.24, 2.45) is 5.92 Å². The molecule has 0 bridgehead atoms. The number of halogens is 3. The Morgan fingerprint density at radius 3 is 2.65 bits per heavy atom. The molecule has 4 rings (SSSR count). The number of piperidine rings is 1. The minimum Gasteiger partial charge on any atom is -0.342 e. The lowest BCUT2D eigenvalue weighted by Crippen LogP contribution is -2.42. The first-order chi connectivity index (χ1) is 12.4. The zero-order valence-corrected chi connectivity index (χ0v) is 14.2. The lowest BCUT2D eigenvalue weighted by atomic mass is 9.93. The van der Waals surface area contributed by atoms with E-state index in [1.54, 1.807) is 6.07 Å². The molecule has 0 spiro atoms. The molecule has 1 aliphatic carbocycles. The van der Waals surface area contributed by atoms with Crippen LogP contribution in [0.15, 0.2) is 12.3 Å². The summed E-state index contributed by atoms with van der Waals surface area (Å²) in [5.41, 5.74) is 0.627. The Balaban J connectivity index is 1.60. The van der Waals surface area contributed by atoms with Crippen molar-refractivity contribution in [3.05, 3.63) is 23.8 Å². The minimum atomic E-state index is -4.61. The van der Waals surface area contributed by atoms with Gasteiger partial charge in [0.25, 0.3) is 11.6 Å². The van der Waals surface area contributed by atoms with Gasteiger partial charge in [0.05, 0.1) is 5.69 Å². The Morgan fingerprint density at radius 2 is 1.92 bits per heavy atom. The molecule has 2 aliphatic rings. The minimum absolute atomic E-state index is 0.0610. The zero-order chi connectivity index (χ0) is 18.3. The number of amides is 1. The van der Waals surface area contributed by atoms with Crippen LogP contribution in [0.5, 0.6) is 0 Å². The summed E-state index contributed by atoms with van der Waals surface area (Å²) in [5, 5.41) is 3.62. The van der Waals surface area contributed by atoms with Crippen molar-refractivity contribution in [1.29, 1.82) is 0 Å². The molecule has 1 unspecified atom stereocenters. The van der Waals surface area contributed by atoms with Crippen molar-refractivity contribution >= 4 is 11.7 Å². The van der Waals surface area contributed by atoms with Crippen LogP contribution < -0.4 is 0 Å². The molecule has 0 radical (unpaired) electrons. The van der Waals surface area contributed by atoms with Gasteiger partial charge in [0.15, 0.2) is 0 Å². The van der Waals surface area contributed by atoms with Crippen molar-refractivity contribution < 1.29 is 18.0 Å². The van der Waals surface area contributed by atoms with Gasteiger partial charge in [-0.2, -0.15) is 18.2 Å². The summed E-state index contributed by atoms with van der Waals surface area (Å²) in [6.07, 6.45) is 2.55. The summed E-state index contributed by atoms with van der Waals surface area (Å²) in [4.78, 5) is 22.0. The summed E-state index contributed by atoms with van der Waals surface area (Å²) in [7, 11) is 0. The van der Waals surface area contributed by atoms with Crippen molar-refractivity contribution in [3.63, 3.8) is 0 Å². The number of likely N-dealkylation sites (tertiary alicyclic amines) is 1. The van der Waals surface area contributed by atoms with Crippen LogP contribution in [0.3, 0.4) is 0 Å². The van der Waals surface area contributed by atoms with E-state index in [0.29, 0.717) is 18.8 Å². The molecule has 1 aliphatic heterocycles. The SMILES string of the molecule is O=C(C1CCCC1)N1CCCC(c2ccnc3nc(C(F)(F)F)nn23)C1. The van der Waals surface area contributed by atoms with Gasteiger partial charge >= 0.3 is 6.18 Å². The average Bonchev–Trinajstić information content (AvgIpc) is 3.30. The first-order valence-electron chi connectivity index (χ1n) is 9.01. The molecule has 26 heavy (non-hydrogen) atoms. The van der Waals surface area contributed by atoms with Gasteiger partial charge in [-0.25, -0.2) is 9.50 Å². The van der Waals surface area contributed by atoms with E-state index in [2.05, 4.69) is 15.1 Å². The topological polar surface area (TPSA) is 63.4 Å². The van der Waals surface area contributed by atoms with Gasteiger partial charge in [0, 0.05) is 31.1 Å². The third-order valence-electron chi connectivity index (χ3n) is 5.38. The molecule has 2 fully saturated rings. The van der Waals surface area contributed by atoms with Gasteiger partial charge in [0.2, 0.25) is 5.91 Å². The molecule has 9 heteroatoms. The van der Waals surface area contributed by atoms with Crippen LogP contribution in [0.4, 0.5) is 13.2 Å². The van der Waals surface area contributed by atoms with Crippen molar-refractivity contribution in [3.8, 4) is 0 Å². The summed E-state index contributed by atoms with van der Waals surface area (Å²) in [6, 6.07) is 1.68. The molecule has 2 aromatic heterocycles. The van der Waals surface area contributed by atoms with Crippen LogP contribution in [0.25, 0.3) is 5.78 Å². The number of alkyl halides is 3. The van der Waals surface area contributed by atoms with E-state index in [-0.39, 0.29) is 23.5 Å². The van der Waals surface area contributed by atoms with Crippen molar-refractivity contribution in [2.45, 2.75) is 50.6 Å². The van der Waals surface area contributed by atoms with Crippen molar-refractivity contribution in [2.75, 3.05) is 13.1 Å². The number of carbonyl (C=O) groups is 1. The van der Waals surface area contributed by atoms with Crippen LogP contribution in [0.2, 0.25) is 0 Å². The molecule has 1 saturated carbocycles. The second kappa shape index (κ2) is 6.51. The fourth-order valence-corrected chi connectivity index (χ4v) is 4.09. The van der Waals surface area contributed by atoms with Gasteiger partial charge in [-0.15, -0.1) is 5.10 Å². The molecule has 140 valence electrons. The summed E-state index contributed by atoms with van der Waals surface area (Å²) in [5.74, 6) is -1.02. The molecular weight excluding hydrogens is 347 g/mol. The number of nitrogens with zero attached hydrogens (tertiary/aromatic N) is 5. The van der Waals surface area contributed by atoms with Gasteiger partial charge in [-0.3, -0.25) is 4.79 Å². The highest BCUT2D eigenvalue weighted by Gasteiger charge is 2.37. The van der Waals surface area contributed by atoms with E-state index in [1.165, 1.54) is 10.7 Å². The Kier molecular flexibility index (Phi) is 4.32. The maximum atomic E-state index is 12.9. The molecule has 6 nitrogen and oxygen atoms in total. The van der Waals surface area contributed by atoms with E-state index in [0.717, 1.165) is 38.5 Å². The van der Waals surface area contributed by atoms with E-state index in [1.807, 2.05) is 4.90 Å². The van der Waals surface area contributed by atoms with Gasteiger partial charge in [0.1, 0.15) is 0 Å².